The second-order valence-corrected chi connectivity index (χ2v) is 6.17. The van der Waals surface area contributed by atoms with Crippen LogP contribution < -0.4 is 4.74 Å². The van der Waals surface area contributed by atoms with Crippen LogP contribution in [0.15, 0.2) is 42.6 Å². The molecule has 1 aliphatic rings. The molecule has 6 heteroatoms. The number of nitriles is 1. The molecular formula is C20H17FN4O. The normalized spacial score (nSPS) is 14.2. The maximum atomic E-state index is 13.8. The lowest BCUT2D eigenvalue weighted by Crippen LogP contribution is -2.23. The number of halogens is 1. The monoisotopic (exact) mass is 348 g/mol. The summed E-state index contributed by atoms with van der Waals surface area (Å²) in [6.07, 6.45) is 6.72. The van der Waals surface area contributed by atoms with Crippen molar-refractivity contribution in [1.82, 2.24) is 14.9 Å². The minimum atomic E-state index is -0.312. The Morgan fingerprint density at radius 1 is 1.27 bits per heavy atom. The van der Waals surface area contributed by atoms with Crippen LogP contribution in [0.1, 0.15) is 12.1 Å². The number of H-pyrrole nitrogens is 1. The van der Waals surface area contributed by atoms with Gasteiger partial charge in [-0.05, 0) is 47.9 Å². The number of nitrogens with zero attached hydrogens (tertiary/aromatic N) is 3. The predicted octanol–water partition coefficient (Wildman–Crippen LogP) is 3.95. The number of pyridine rings is 1. The van der Waals surface area contributed by atoms with E-state index in [1.54, 1.807) is 24.3 Å². The smallest absolute Gasteiger partial charge is 0.179 e. The highest BCUT2D eigenvalue weighted by molar-refractivity contribution is 5.96. The summed E-state index contributed by atoms with van der Waals surface area (Å²) in [6.45, 7) is 1.31. The predicted molar refractivity (Wildman–Crippen MR) is 97.8 cm³/mol. The molecule has 0 aliphatic carbocycles. The first-order valence-electron chi connectivity index (χ1n) is 8.35. The van der Waals surface area contributed by atoms with Crippen LogP contribution in [0.3, 0.4) is 0 Å². The molecule has 26 heavy (non-hydrogen) atoms. The van der Waals surface area contributed by atoms with Crippen molar-refractivity contribution in [2.24, 2.45) is 0 Å². The first-order chi connectivity index (χ1) is 12.7. The molecule has 1 aliphatic heterocycles. The van der Waals surface area contributed by atoms with Gasteiger partial charge in [0.15, 0.2) is 6.19 Å². The van der Waals surface area contributed by atoms with Crippen LogP contribution in [0.5, 0.6) is 5.75 Å². The fourth-order valence-corrected chi connectivity index (χ4v) is 3.33. The van der Waals surface area contributed by atoms with Gasteiger partial charge in [0.25, 0.3) is 0 Å². The van der Waals surface area contributed by atoms with E-state index in [1.165, 1.54) is 12.1 Å². The van der Waals surface area contributed by atoms with Crippen LogP contribution in [0.4, 0.5) is 4.39 Å². The quantitative estimate of drug-likeness (QED) is 0.728. The molecule has 3 aromatic rings. The van der Waals surface area contributed by atoms with Gasteiger partial charge in [-0.1, -0.05) is 6.08 Å². The van der Waals surface area contributed by atoms with Crippen LogP contribution in [0.2, 0.25) is 0 Å². The second kappa shape index (κ2) is 6.52. The number of methoxy groups -OCH3 is 1. The molecule has 2 aromatic heterocycles. The molecule has 0 bridgehead atoms. The largest absolute Gasteiger partial charge is 0.496 e. The molecule has 1 aromatic carbocycles. The maximum absolute atomic E-state index is 13.8. The minimum Gasteiger partial charge on any atom is -0.496 e. The number of benzene rings is 1. The third kappa shape index (κ3) is 2.78. The van der Waals surface area contributed by atoms with Crippen molar-refractivity contribution in [3.05, 3.63) is 54.1 Å². The van der Waals surface area contributed by atoms with Gasteiger partial charge >= 0.3 is 0 Å². The standard InChI is InChI=1S/C20H17FN4O/c1-26-19-3-2-14(21)10-16(19)15-4-7-23-20-17(15)11-18(24-20)13-5-8-25(12-22)9-6-13/h2-5,7,10-11H,6,8-9H2,1H3,(H,23,24). The molecule has 0 amide bonds. The van der Waals surface area contributed by atoms with Crippen molar-refractivity contribution in [2.45, 2.75) is 6.42 Å². The van der Waals surface area contributed by atoms with E-state index in [0.29, 0.717) is 24.4 Å². The Hall–Kier alpha value is -3.33. The van der Waals surface area contributed by atoms with Gasteiger partial charge in [-0.15, -0.1) is 0 Å². The summed E-state index contributed by atoms with van der Waals surface area (Å²) < 4.78 is 19.2. The van der Waals surface area contributed by atoms with Gasteiger partial charge in [0.2, 0.25) is 0 Å². The number of nitrogens with one attached hydrogen (secondary N) is 1. The van der Waals surface area contributed by atoms with E-state index in [2.05, 4.69) is 22.2 Å². The molecule has 1 N–H and O–H groups in total. The van der Waals surface area contributed by atoms with Gasteiger partial charge in [0, 0.05) is 35.9 Å². The first kappa shape index (κ1) is 16.2. The van der Waals surface area contributed by atoms with Crippen molar-refractivity contribution in [3.8, 4) is 23.1 Å². The highest BCUT2D eigenvalue weighted by Crippen LogP contribution is 2.36. The summed E-state index contributed by atoms with van der Waals surface area (Å²) in [5, 5.41) is 9.89. The highest BCUT2D eigenvalue weighted by Gasteiger charge is 2.17. The van der Waals surface area contributed by atoms with E-state index in [0.717, 1.165) is 34.3 Å². The Morgan fingerprint density at radius 2 is 2.15 bits per heavy atom. The van der Waals surface area contributed by atoms with Crippen LogP contribution in [0, 0.1) is 17.3 Å². The zero-order chi connectivity index (χ0) is 18.1. The second-order valence-electron chi connectivity index (χ2n) is 6.17. The van der Waals surface area contributed by atoms with Crippen molar-refractivity contribution in [3.63, 3.8) is 0 Å². The summed E-state index contributed by atoms with van der Waals surface area (Å²) in [5.74, 6) is 0.302. The fourth-order valence-electron chi connectivity index (χ4n) is 3.33. The van der Waals surface area contributed by atoms with Gasteiger partial charge in [-0.2, -0.15) is 5.26 Å². The summed E-state index contributed by atoms with van der Waals surface area (Å²) in [4.78, 5) is 9.47. The molecular weight excluding hydrogens is 331 g/mol. The number of hydrogen-bond donors (Lipinski definition) is 1. The zero-order valence-corrected chi connectivity index (χ0v) is 14.3. The van der Waals surface area contributed by atoms with Crippen molar-refractivity contribution >= 4 is 16.6 Å². The third-order valence-electron chi connectivity index (χ3n) is 4.68. The molecule has 4 rings (SSSR count). The number of aromatic nitrogens is 2. The average Bonchev–Trinajstić information content (AvgIpc) is 3.12. The number of rotatable bonds is 3. The Labute approximate surface area is 150 Å². The van der Waals surface area contributed by atoms with Crippen molar-refractivity contribution in [2.75, 3.05) is 20.2 Å². The Morgan fingerprint density at radius 3 is 2.88 bits per heavy atom. The van der Waals surface area contributed by atoms with Crippen LogP contribution in [-0.2, 0) is 0 Å². The lowest BCUT2D eigenvalue weighted by atomic mass is 10.0. The van der Waals surface area contributed by atoms with Crippen LogP contribution >= 0.6 is 0 Å². The third-order valence-corrected chi connectivity index (χ3v) is 4.68. The number of aromatic amines is 1. The lowest BCUT2D eigenvalue weighted by Gasteiger charge is -2.20. The van der Waals surface area contributed by atoms with Crippen molar-refractivity contribution in [1.29, 1.82) is 5.26 Å². The molecule has 0 radical (unpaired) electrons. The maximum Gasteiger partial charge on any atom is 0.179 e. The molecule has 0 atom stereocenters. The van der Waals surface area contributed by atoms with E-state index < -0.39 is 0 Å². The molecule has 130 valence electrons. The molecule has 0 saturated carbocycles. The molecule has 0 saturated heterocycles. The van der Waals surface area contributed by atoms with Gasteiger partial charge in [-0.3, -0.25) is 0 Å². The van der Waals surface area contributed by atoms with E-state index in [9.17, 15) is 4.39 Å². The van der Waals surface area contributed by atoms with Gasteiger partial charge < -0.3 is 14.6 Å². The Kier molecular flexibility index (Phi) is 4.05. The summed E-state index contributed by atoms with van der Waals surface area (Å²) in [5.41, 5.74) is 4.44. The summed E-state index contributed by atoms with van der Waals surface area (Å²) in [7, 11) is 1.57. The highest BCUT2D eigenvalue weighted by atomic mass is 19.1. The summed E-state index contributed by atoms with van der Waals surface area (Å²) in [6, 6.07) is 8.40. The molecule has 0 fully saturated rings. The van der Waals surface area contributed by atoms with Gasteiger partial charge in [-0.25, -0.2) is 9.37 Å². The molecule has 3 heterocycles. The topological polar surface area (TPSA) is 64.9 Å². The zero-order valence-electron chi connectivity index (χ0n) is 14.3. The van der Waals surface area contributed by atoms with Gasteiger partial charge in [0.05, 0.1) is 7.11 Å². The molecule has 0 unspecified atom stereocenters. The number of fused-ring (bicyclic) bond motifs is 1. The van der Waals surface area contributed by atoms with Crippen LogP contribution in [0.25, 0.3) is 27.7 Å². The first-order valence-corrected chi connectivity index (χ1v) is 8.35. The molecule has 0 spiro atoms. The van der Waals surface area contributed by atoms with E-state index in [1.807, 2.05) is 12.1 Å². The lowest BCUT2D eigenvalue weighted by molar-refractivity contribution is 0.415. The minimum absolute atomic E-state index is 0.312. The molecule has 5 nitrogen and oxygen atoms in total. The van der Waals surface area contributed by atoms with Crippen molar-refractivity contribution < 1.29 is 9.13 Å². The summed E-state index contributed by atoms with van der Waals surface area (Å²) >= 11 is 0. The number of hydrogen-bond acceptors (Lipinski definition) is 4. The SMILES string of the molecule is COc1ccc(F)cc1-c1ccnc2[nH]c(C3=CCN(C#N)CC3)cc12. The van der Waals surface area contributed by atoms with E-state index in [-0.39, 0.29) is 5.82 Å². The van der Waals surface area contributed by atoms with E-state index >= 15 is 0 Å². The Bertz CT molecular complexity index is 1050. The number of ether oxygens (including phenoxy) is 1. The average molecular weight is 348 g/mol. The fraction of sp³-hybridized carbons (Fsp3) is 0.200. The van der Waals surface area contributed by atoms with Gasteiger partial charge in [0.1, 0.15) is 17.2 Å². The van der Waals surface area contributed by atoms with E-state index in [4.69, 9.17) is 10.00 Å². The Balaban J connectivity index is 1.82. The van der Waals surface area contributed by atoms with Crippen LogP contribution in [-0.4, -0.2) is 35.1 Å².